The number of nitrogens with zero attached hydrogens (tertiary/aromatic N) is 2. The standard InChI is InChI=1S/C8H12N2O2/c1-8(2,11)6-4-5-9-7(10-6)12-3/h4-5,11H,1-3H3. The molecule has 0 amide bonds. The van der Waals surface area contributed by atoms with Crippen LogP contribution < -0.4 is 4.74 Å². The maximum atomic E-state index is 9.56. The van der Waals surface area contributed by atoms with Gasteiger partial charge in [0.15, 0.2) is 0 Å². The number of methoxy groups -OCH3 is 1. The SMILES string of the molecule is COc1nccc(C(C)(C)O)n1. The van der Waals surface area contributed by atoms with Gasteiger partial charge < -0.3 is 9.84 Å². The highest BCUT2D eigenvalue weighted by atomic mass is 16.5. The molecule has 0 aliphatic carbocycles. The Kier molecular flexibility index (Phi) is 2.28. The lowest BCUT2D eigenvalue weighted by Gasteiger charge is -2.15. The molecule has 1 rings (SSSR count). The number of hydrogen-bond donors (Lipinski definition) is 1. The van der Waals surface area contributed by atoms with Crippen LogP contribution in [0.3, 0.4) is 0 Å². The molecule has 0 aliphatic heterocycles. The highest BCUT2D eigenvalue weighted by molar-refractivity contribution is 5.11. The molecule has 1 aromatic rings. The van der Waals surface area contributed by atoms with Gasteiger partial charge in [0.1, 0.15) is 5.60 Å². The summed E-state index contributed by atoms with van der Waals surface area (Å²) in [5.41, 5.74) is -0.398. The van der Waals surface area contributed by atoms with E-state index < -0.39 is 5.60 Å². The van der Waals surface area contributed by atoms with Crippen LogP contribution in [-0.4, -0.2) is 22.2 Å². The lowest BCUT2D eigenvalue weighted by Crippen LogP contribution is -2.17. The summed E-state index contributed by atoms with van der Waals surface area (Å²) in [5, 5.41) is 9.56. The second kappa shape index (κ2) is 3.06. The van der Waals surface area contributed by atoms with Crippen LogP contribution in [0.5, 0.6) is 6.01 Å². The largest absolute Gasteiger partial charge is 0.467 e. The molecule has 0 fully saturated rings. The first-order valence-electron chi connectivity index (χ1n) is 3.64. The van der Waals surface area contributed by atoms with Crippen molar-refractivity contribution in [3.8, 4) is 6.01 Å². The van der Waals surface area contributed by atoms with Gasteiger partial charge in [-0.05, 0) is 19.9 Å². The van der Waals surface area contributed by atoms with E-state index in [4.69, 9.17) is 4.74 Å². The monoisotopic (exact) mass is 168 g/mol. The van der Waals surface area contributed by atoms with E-state index in [1.54, 1.807) is 26.1 Å². The fourth-order valence-electron chi connectivity index (χ4n) is 0.780. The van der Waals surface area contributed by atoms with Crippen LogP contribution in [0.1, 0.15) is 19.5 Å². The Morgan fingerprint density at radius 3 is 2.67 bits per heavy atom. The van der Waals surface area contributed by atoms with Crippen molar-refractivity contribution in [1.29, 1.82) is 0 Å². The van der Waals surface area contributed by atoms with E-state index in [-0.39, 0.29) is 6.01 Å². The highest BCUT2D eigenvalue weighted by Crippen LogP contribution is 2.17. The topological polar surface area (TPSA) is 55.2 Å². The molecule has 0 saturated carbocycles. The van der Waals surface area contributed by atoms with Gasteiger partial charge in [0.2, 0.25) is 0 Å². The molecule has 0 spiro atoms. The van der Waals surface area contributed by atoms with Gasteiger partial charge in [-0.3, -0.25) is 0 Å². The lowest BCUT2D eigenvalue weighted by atomic mass is 10.1. The molecule has 1 aromatic heterocycles. The van der Waals surface area contributed by atoms with Gasteiger partial charge in [-0.15, -0.1) is 0 Å². The third-order valence-electron chi connectivity index (χ3n) is 1.44. The average molecular weight is 168 g/mol. The molecule has 1 heterocycles. The Hall–Kier alpha value is -1.16. The maximum Gasteiger partial charge on any atom is 0.316 e. The maximum absolute atomic E-state index is 9.56. The minimum atomic E-state index is -0.948. The summed E-state index contributed by atoms with van der Waals surface area (Å²) in [5.74, 6) is 0. The van der Waals surface area contributed by atoms with Crippen LogP contribution in [0.25, 0.3) is 0 Å². The van der Waals surface area contributed by atoms with E-state index in [0.29, 0.717) is 5.69 Å². The first kappa shape index (κ1) is 8.93. The molecular weight excluding hydrogens is 156 g/mol. The summed E-state index contributed by atoms with van der Waals surface area (Å²) in [6.07, 6.45) is 1.55. The molecule has 0 bridgehead atoms. The fourth-order valence-corrected chi connectivity index (χ4v) is 0.780. The van der Waals surface area contributed by atoms with Crippen molar-refractivity contribution in [1.82, 2.24) is 9.97 Å². The Morgan fingerprint density at radius 1 is 1.50 bits per heavy atom. The van der Waals surface area contributed by atoms with Crippen molar-refractivity contribution in [3.05, 3.63) is 18.0 Å². The van der Waals surface area contributed by atoms with Crippen molar-refractivity contribution in [2.45, 2.75) is 19.4 Å². The lowest BCUT2D eigenvalue weighted by molar-refractivity contribution is 0.0728. The average Bonchev–Trinajstić information content (AvgIpc) is 2.03. The van der Waals surface area contributed by atoms with Crippen molar-refractivity contribution >= 4 is 0 Å². The number of aliphatic hydroxyl groups is 1. The third kappa shape index (κ3) is 1.92. The first-order chi connectivity index (χ1) is 5.54. The van der Waals surface area contributed by atoms with Crippen LogP contribution in [0, 0.1) is 0 Å². The van der Waals surface area contributed by atoms with Gasteiger partial charge in [0.05, 0.1) is 12.8 Å². The molecule has 66 valence electrons. The van der Waals surface area contributed by atoms with E-state index in [0.717, 1.165) is 0 Å². The van der Waals surface area contributed by atoms with E-state index >= 15 is 0 Å². The zero-order chi connectivity index (χ0) is 9.19. The molecule has 12 heavy (non-hydrogen) atoms. The van der Waals surface area contributed by atoms with Gasteiger partial charge in [-0.1, -0.05) is 0 Å². The molecule has 4 nitrogen and oxygen atoms in total. The van der Waals surface area contributed by atoms with Gasteiger partial charge in [-0.2, -0.15) is 4.98 Å². The number of hydrogen-bond acceptors (Lipinski definition) is 4. The molecule has 0 unspecified atom stereocenters. The quantitative estimate of drug-likeness (QED) is 0.706. The minimum absolute atomic E-state index is 0.273. The summed E-state index contributed by atoms with van der Waals surface area (Å²) in [4.78, 5) is 7.81. The second-order valence-electron chi connectivity index (χ2n) is 2.99. The van der Waals surface area contributed by atoms with Crippen LogP contribution in [0.2, 0.25) is 0 Å². The van der Waals surface area contributed by atoms with E-state index in [1.165, 1.54) is 7.11 Å². The van der Waals surface area contributed by atoms with Gasteiger partial charge >= 0.3 is 6.01 Å². The van der Waals surface area contributed by atoms with E-state index in [9.17, 15) is 5.11 Å². The zero-order valence-corrected chi connectivity index (χ0v) is 7.40. The summed E-state index contributed by atoms with van der Waals surface area (Å²) >= 11 is 0. The predicted molar refractivity (Wildman–Crippen MR) is 43.8 cm³/mol. The summed E-state index contributed by atoms with van der Waals surface area (Å²) in [7, 11) is 1.49. The normalized spacial score (nSPS) is 11.3. The molecule has 0 aromatic carbocycles. The minimum Gasteiger partial charge on any atom is -0.467 e. The molecule has 1 N–H and O–H groups in total. The van der Waals surface area contributed by atoms with E-state index in [1.807, 2.05) is 0 Å². The predicted octanol–water partition coefficient (Wildman–Crippen LogP) is 0.713. The summed E-state index contributed by atoms with van der Waals surface area (Å²) in [6.45, 7) is 3.32. The molecule has 0 atom stereocenters. The third-order valence-corrected chi connectivity index (χ3v) is 1.44. The number of aromatic nitrogens is 2. The zero-order valence-electron chi connectivity index (χ0n) is 7.40. The van der Waals surface area contributed by atoms with Gasteiger partial charge in [0, 0.05) is 6.20 Å². The molecule has 4 heteroatoms. The summed E-state index contributed by atoms with van der Waals surface area (Å²) in [6, 6.07) is 1.93. The van der Waals surface area contributed by atoms with E-state index in [2.05, 4.69) is 9.97 Å². The van der Waals surface area contributed by atoms with Crippen LogP contribution in [-0.2, 0) is 5.60 Å². The van der Waals surface area contributed by atoms with Crippen LogP contribution >= 0.6 is 0 Å². The molecular formula is C8H12N2O2. The van der Waals surface area contributed by atoms with Crippen molar-refractivity contribution < 1.29 is 9.84 Å². The molecule has 0 saturated heterocycles. The van der Waals surface area contributed by atoms with Crippen molar-refractivity contribution in [2.75, 3.05) is 7.11 Å². The number of rotatable bonds is 2. The fraction of sp³-hybridized carbons (Fsp3) is 0.500. The molecule has 0 aliphatic rings. The van der Waals surface area contributed by atoms with Crippen molar-refractivity contribution in [2.24, 2.45) is 0 Å². The second-order valence-corrected chi connectivity index (χ2v) is 2.99. The van der Waals surface area contributed by atoms with Crippen molar-refractivity contribution in [3.63, 3.8) is 0 Å². The van der Waals surface area contributed by atoms with Crippen LogP contribution in [0.15, 0.2) is 12.3 Å². The first-order valence-corrected chi connectivity index (χ1v) is 3.64. The highest BCUT2D eigenvalue weighted by Gasteiger charge is 2.18. The Labute approximate surface area is 71.2 Å². The Balaban J connectivity index is 3.02. The summed E-state index contributed by atoms with van der Waals surface area (Å²) < 4.78 is 4.82. The molecule has 0 radical (unpaired) electrons. The van der Waals surface area contributed by atoms with Gasteiger partial charge in [0.25, 0.3) is 0 Å². The number of ether oxygens (including phenoxy) is 1. The van der Waals surface area contributed by atoms with Crippen LogP contribution in [0.4, 0.5) is 0 Å². The van der Waals surface area contributed by atoms with Gasteiger partial charge in [-0.25, -0.2) is 4.98 Å². The smallest absolute Gasteiger partial charge is 0.316 e. The Bertz CT molecular complexity index is 268. The Morgan fingerprint density at radius 2 is 2.17 bits per heavy atom.